The maximum absolute atomic E-state index is 12.5. The van der Waals surface area contributed by atoms with Crippen LogP contribution in [0.4, 0.5) is 17.1 Å². The Labute approximate surface area is 162 Å². The number of amides is 2. The molecule has 0 spiro atoms. The van der Waals surface area contributed by atoms with E-state index in [0.717, 1.165) is 0 Å². The smallest absolute Gasteiger partial charge is 0.274 e. The van der Waals surface area contributed by atoms with E-state index in [-0.39, 0.29) is 30.5 Å². The van der Waals surface area contributed by atoms with Gasteiger partial charge >= 0.3 is 0 Å². The summed E-state index contributed by atoms with van der Waals surface area (Å²) in [6, 6.07) is 11.6. The zero-order valence-corrected chi connectivity index (χ0v) is 15.7. The van der Waals surface area contributed by atoms with Crippen molar-refractivity contribution in [3.63, 3.8) is 0 Å². The number of hydrogen-bond donors (Lipinski definition) is 1. The summed E-state index contributed by atoms with van der Waals surface area (Å²) in [5.74, 6) is -0.310. The number of carbonyl (C=O) groups is 2. The molecule has 1 aliphatic heterocycles. The van der Waals surface area contributed by atoms with Crippen molar-refractivity contribution in [3.8, 4) is 5.75 Å². The Kier molecular flexibility index (Phi) is 5.58. The summed E-state index contributed by atoms with van der Waals surface area (Å²) >= 11 is 0. The zero-order valence-electron chi connectivity index (χ0n) is 15.7. The highest BCUT2D eigenvalue weighted by Crippen LogP contribution is 2.30. The van der Waals surface area contributed by atoms with Crippen LogP contribution in [0.2, 0.25) is 0 Å². The van der Waals surface area contributed by atoms with Crippen LogP contribution < -0.4 is 15.0 Å². The molecule has 28 heavy (non-hydrogen) atoms. The second-order valence-electron chi connectivity index (χ2n) is 6.58. The summed E-state index contributed by atoms with van der Waals surface area (Å²) in [4.78, 5) is 37.0. The number of ether oxygens (including phenoxy) is 1. The van der Waals surface area contributed by atoms with Gasteiger partial charge in [0.1, 0.15) is 5.75 Å². The van der Waals surface area contributed by atoms with Crippen LogP contribution in [0, 0.1) is 23.0 Å². The minimum Gasteiger partial charge on any atom is -0.494 e. The molecular weight excluding hydrogens is 362 g/mol. The quantitative estimate of drug-likeness (QED) is 0.609. The van der Waals surface area contributed by atoms with E-state index < -0.39 is 10.8 Å². The van der Waals surface area contributed by atoms with Crippen LogP contribution in [0.15, 0.2) is 42.5 Å². The van der Waals surface area contributed by atoms with Crippen LogP contribution in [-0.4, -0.2) is 29.9 Å². The lowest BCUT2D eigenvalue weighted by Gasteiger charge is -2.17. The first-order chi connectivity index (χ1) is 13.4. The van der Waals surface area contributed by atoms with Gasteiger partial charge in [0.25, 0.3) is 5.69 Å². The second kappa shape index (κ2) is 8.08. The van der Waals surface area contributed by atoms with Crippen molar-refractivity contribution in [1.29, 1.82) is 0 Å². The number of benzene rings is 2. The Morgan fingerprint density at radius 2 is 2.00 bits per heavy atom. The fourth-order valence-electron chi connectivity index (χ4n) is 3.14. The predicted molar refractivity (Wildman–Crippen MR) is 105 cm³/mol. The van der Waals surface area contributed by atoms with Gasteiger partial charge in [0.05, 0.1) is 23.1 Å². The fourth-order valence-corrected chi connectivity index (χ4v) is 3.14. The van der Waals surface area contributed by atoms with Crippen LogP contribution in [0.5, 0.6) is 5.75 Å². The SMILES string of the molecule is CCOc1ccc(NC(=O)[C@H]2CC(=O)N(c3ccc(C)c([N+](=O)[O-])c3)C2)cc1. The molecule has 1 N–H and O–H groups in total. The molecule has 8 heteroatoms. The molecule has 0 aliphatic carbocycles. The Morgan fingerprint density at radius 3 is 2.64 bits per heavy atom. The van der Waals surface area contributed by atoms with E-state index in [0.29, 0.717) is 29.3 Å². The maximum atomic E-state index is 12.5. The Morgan fingerprint density at radius 1 is 1.29 bits per heavy atom. The Balaban J connectivity index is 1.69. The first-order valence-corrected chi connectivity index (χ1v) is 8.98. The number of nitro benzene ring substituents is 1. The minimum atomic E-state index is -0.528. The summed E-state index contributed by atoms with van der Waals surface area (Å²) in [7, 11) is 0. The van der Waals surface area contributed by atoms with E-state index in [1.807, 2.05) is 6.92 Å². The van der Waals surface area contributed by atoms with Gasteiger partial charge in [-0.15, -0.1) is 0 Å². The van der Waals surface area contributed by atoms with Gasteiger partial charge < -0.3 is 15.0 Å². The fraction of sp³-hybridized carbons (Fsp3) is 0.300. The van der Waals surface area contributed by atoms with Gasteiger partial charge in [-0.1, -0.05) is 6.07 Å². The first-order valence-electron chi connectivity index (χ1n) is 8.98. The lowest BCUT2D eigenvalue weighted by molar-refractivity contribution is -0.385. The monoisotopic (exact) mass is 383 g/mol. The molecular formula is C20H21N3O5. The summed E-state index contributed by atoms with van der Waals surface area (Å²) in [5, 5.41) is 13.9. The van der Waals surface area contributed by atoms with Crippen molar-refractivity contribution in [3.05, 3.63) is 58.1 Å². The predicted octanol–water partition coefficient (Wildman–Crippen LogP) is 3.29. The van der Waals surface area contributed by atoms with Gasteiger partial charge in [0, 0.05) is 30.3 Å². The van der Waals surface area contributed by atoms with Gasteiger partial charge in [0.2, 0.25) is 11.8 Å². The van der Waals surface area contributed by atoms with E-state index in [1.165, 1.54) is 11.0 Å². The van der Waals surface area contributed by atoms with Crippen LogP contribution in [-0.2, 0) is 9.59 Å². The van der Waals surface area contributed by atoms with Crippen LogP contribution in [0.3, 0.4) is 0 Å². The van der Waals surface area contributed by atoms with Gasteiger partial charge in [-0.25, -0.2) is 0 Å². The van der Waals surface area contributed by atoms with Gasteiger partial charge in [0.15, 0.2) is 0 Å². The summed E-state index contributed by atoms with van der Waals surface area (Å²) in [6.07, 6.45) is 0.0601. The molecule has 2 aromatic carbocycles. The van der Waals surface area contributed by atoms with E-state index >= 15 is 0 Å². The van der Waals surface area contributed by atoms with E-state index in [9.17, 15) is 19.7 Å². The number of hydrogen-bond acceptors (Lipinski definition) is 5. The van der Waals surface area contributed by atoms with Gasteiger partial charge in [-0.05, 0) is 44.2 Å². The number of nitrogens with zero attached hydrogens (tertiary/aromatic N) is 2. The van der Waals surface area contributed by atoms with Crippen LogP contribution in [0.1, 0.15) is 18.9 Å². The third-order valence-electron chi connectivity index (χ3n) is 4.63. The lowest BCUT2D eigenvalue weighted by atomic mass is 10.1. The van der Waals surface area contributed by atoms with Crippen molar-refractivity contribution in [1.82, 2.24) is 0 Å². The molecule has 2 amide bonds. The molecule has 0 aromatic heterocycles. The number of rotatable bonds is 6. The molecule has 1 atom stereocenters. The number of aryl methyl sites for hydroxylation is 1. The molecule has 1 saturated heterocycles. The number of nitrogens with one attached hydrogen (secondary N) is 1. The minimum absolute atomic E-state index is 0.0485. The highest BCUT2D eigenvalue weighted by Gasteiger charge is 2.35. The molecule has 8 nitrogen and oxygen atoms in total. The average Bonchev–Trinajstić information content (AvgIpc) is 3.05. The van der Waals surface area contributed by atoms with Gasteiger partial charge in [-0.3, -0.25) is 19.7 Å². The average molecular weight is 383 g/mol. The highest BCUT2D eigenvalue weighted by atomic mass is 16.6. The van der Waals surface area contributed by atoms with Crippen LogP contribution in [0.25, 0.3) is 0 Å². The van der Waals surface area contributed by atoms with E-state index in [2.05, 4.69) is 5.32 Å². The zero-order chi connectivity index (χ0) is 20.3. The van der Waals surface area contributed by atoms with Crippen molar-refractivity contribution >= 4 is 28.9 Å². The van der Waals surface area contributed by atoms with Gasteiger partial charge in [-0.2, -0.15) is 0 Å². The topological polar surface area (TPSA) is 102 Å². The normalized spacial score (nSPS) is 16.1. The van der Waals surface area contributed by atoms with Crippen molar-refractivity contribution in [2.75, 3.05) is 23.4 Å². The van der Waals surface area contributed by atoms with Crippen molar-refractivity contribution in [2.45, 2.75) is 20.3 Å². The van der Waals surface area contributed by atoms with Crippen molar-refractivity contribution in [2.24, 2.45) is 5.92 Å². The molecule has 2 aromatic rings. The molecule has 1 fully saturated rings. The third-order valence-corrected chi connectivity index (χ3v) is 4.63. The Hall–Kier alpha value is -3.42. The summed E-state index contributed by atoms with van der Waals surface area (Å²) in [5.41, 5.74) is 1.52. The summed E-state index contributed by atoms with van der Waals surface area (Å²) < 4.78 is 5.37. The molecule has 1 aliphatic rings. The standard InChI is InChI=1S/C20H21N3O5/c1-3-28-17-8-5-15(6-9-17)21-20(25)14-10-19(24)22(12-14)16-7-4-13(2)18(11-16)23(26)27/h4-9,11,14H,3,10,12H2,1-2H3,(H,21,25)/t14-/m0/s1. The molecule has 1 heterocycles. The molecule has 0 radical (unpaired) electrons. The molecule has 0 saturated carbocycles. The van der Waals surface area contributed by atoms with Crippen molar-refractivity contribution < 1.29 is 19.2 Å². The van der Waals surface area contributed by atoms with E-state index in [1.54, 1.807) is 43.3 Å². The van der Waals surface area contributed by atoms with Crippen LogP contribution >= 0.6 is 0 Å². The number of anilines is 2. The maximum Gasteiger partial charge on any atom is 0.274 e. The Bertz CT molecular complexity index is 911. The molecule has 146 valence electrons. The molecule has 0 bridgehead atoms. The lowest BCUT2D eigenvalue weighted by Crippen LogP contribution is -2.28. The van der Waals surface area contributed by atoms with E-state index in [4.69, 9.17) is 4.74 Å². The third kappa shape index (κ3) is 4.11. The molecule has 3 rings (SSSR count). The largest absolute Gasteiger partial charge is 0.494 e. The number of carbonyl (C=O) groups excluding carboxylic acids is 2. The second-order valence-corrected chi connectivity index (χ2v) is 6.58. The summed E-state index contributed by atoms with van der Waals surface area (Å²) in [6.45, 7) is 4.27. The molecule has 0 unspecified atom stereocenters. The first kappa shape index (κ1) is 19.3. The number of nitro groups is 1. The highest BCUT2D eigenvalue weighted by molar-refractivity contribution is 6.03.